The Hall–Kier alpha value is -0.950. The number of nitrogens with zero attached hydrogens (tertiary/aromatic N) is 2. The number of amides is 1. The Balaban J connectivity index is 1.41. The van der Waals surface area contributed by atoms with E-state index in [0.717, 1.165) is 76.3 Å². The van der Waals surface area contributed by atoms with Crippen LogP contribution in [0.1, 0.15) is 18.4 Å². The second-order valence-electron chi connectivity index (χ2n) is 6.95. The lowest BCUT2D eigenvalue weighted by molar-refractivity contribution is -0.126. The molecule has 2 aliphatic heterocycles. The van der Waals surface area contributed by atoms with Gasteiger partial charge in [0.05, 0.1) is 19.1 Å². The van der Waals surface area contributed by atoms with Crippen molar-refractivity contribution < 1.29 is 9.53 Å². The van der Waals surface area contributed by atoms with Crippen LogP contribution < -0.4 is 5.32 Å². The fourth-order valence-electron chi connectivity index (χ4n) is 3.61. The second kappa shape index (κ2) is 9.67. The van der Waals surface area contributed by atoms with E-state index in [1.165, 1.54) is 5.56 Å². The predicted octanol–water partition coefficient (Wildman–Crippen LogP) is 2.11. The van der Waals surface area contributed by atoms with Crippen LogP contribution in [0.15, 0.2) is 28.7 Å². The lowest BCUT2D eigenvalue weighted by Crippen LogP contribution is -2.45. The highest BCUT2D eigenvalue weighted by Gasteiger charge is 2.25. The summed E-state index contributed by atoms with van der Waals surface area (Å²) < 4.78 is 6.46. The van der Waals surface area contributed by atoms with Gasteiger partial charge in [-0.15, -0.1) is 0 Å². The number of benzene rings is 1. The van der Waals surface area contributed by atoms with E-state index in [1.807, 2.05) is 6.07 Å². The molecule has 5 nitrogen and oxygen atoms in total. The van der Waals surface area contributed by atoms with E-state index in [-0.39, 0.29) is 11.8 Å². The number of carbonyl (C=O) groups is 1. The molecule has 1 unspecified atom stereocenters. The first kappa shape index (κ1) is 18.8. The molecule has 25 heavy (non-hydrogen) atoms. The van der Waals surface area contributed by atoms with Crippen molar-refractivity contribution >= 4 is 21.8 Å². The van der Waals surface area contributed by atoms with Gasteiger partial charge >= 0.3 is 0 Å². The molecule has 138 valence electrons. The molecule has 0 saturated carbocycles. The number of morpholine rings is 1. The van der Waals surface area contributed by atoms with Gasteiger partial charge in [0, 0.05) is 43.7 Å². The third-order valence-electron chi connectivity index (χ3n) is 5.00. The average Bonchev–Trinajstić information content (AvgIpc) is 2.63. The van der Waals surface area contributed by atoms with Crippen LogP contribution in [0.3, 0.4) is 0 Å². The first-order chi connectivity index (χ1) is 12.2. The van der Waals surface area contributed by atoms with Gasteiger partial charge in [0.25, 0.3) is 0 Å². The van der Waals surface area contributed by atoms with Crippen LogP contribution in [0.2, 0.25) is 0 Å². The molecule has 0 bridgehead atoms. The topological polar surface area (TPSA) is 44.8 Å². The Labute approximate surface area is 158 Å². The maximum Gasteiger partial charge on any atom is 0.224 e. The molecule has 1 aromatic rings. The maximum atomic E-state index is 12.5. The van der Waals surface area contributed by atoms with Crippen molar-refractivity contribution in [3.8, 4) is 0 Å². The monoisotopic (exact) mass is 409 g/mol. The lowest BCUT2D eigenvalue weighted by atomic mass is 9.96. The molecular formula is C19H28BrN3O2. The van der Waals surface area contributed by atoms with Gasteiger partial charge in [0.2, 0.25) is 5.91 Å². The quantitative estimate of drug-likeness (QED) is 0.781. The Bertz CT molecular complexity index is 563. The number of rotatable bonds is 6. The largest absolute Gasteiger partial charge is 0.379 e. The van der Waals surface area contributed by atoms with Crippen molar-refractivity contribution in [1.82, 2.24) is 15.1 Å². The standard InChI is InChI=1S/C19H28BrN3O2/c20-18-5-1-3-16(13-18)14-23-7-2-4-17(15-23)19(24)21-6-8-22-9-11-25-12-10-22/h1,3,5,13,17H,2,4,6-12,14-15H2,(H,21,24). The van der Waals surface area contributed by atoms with E-state index in [4.69, 9.17) is 4.74 Å². The minimum Gasteiger partial charge on any atom is -0.379 e. The Morgan fingerprint density at radius 3 is 2.88 bits per heavy atom. The van der Waals surface area contributed by atoms with Crippen LogP contribution in [0.5, 0.6) is 0 Å². The third kappa shape index (κ3) is 6.06. The van der Waals surface area contributed by atoms with E-state index in [9.17, 15) is 4.79 Å². The van der Waals surface area contributed by atoms with Gasteiger partial charge in [0.1, 0.15) is 0 Å². The van der Waals surface area contributed by atoms with Gasteiger partial charge in [-0.1, -0.05) is 28.1 Å². The van der Waals surface area contributed by atoms with Crippen molar-refractivity contribution in [2.75, 3.05) is 52.5 Å². The highest BCUT2D eigenvalue weighted by Crippen LogP contribution is 2.20. The normalized spacial score (nSPS) is 22.7. The molecular weight excluding hydrogens is 382 g/mol. The number of carbonyl (C=O) groups excluding carboxylic acids is 1. The number of hydrogen-bond donors (Lipinski definition) is 1. The number of nitrogens with one attached hydrogen (secondary N) is 1. The molecule has 2 aliphatic rings. The van der Waals surface area contributed by atoms with Crippen LogP contribution in [-0.4, -0.2) is 68.2 Å². The molecule has 1 N–H and O–H groups in total. The summed E-state index contributed by atoms with van der Waals surface area (Å²) in [5.41, 5.74) is 1.29. The number of ether oxygens (including phenoxy) is 1. The van der Waals surface area contributed by atoms with Crippen LogP contribution in [0.4, 0.5) is 0 Å². The predicted molar refractivity (Wildman–Crippen MR) is 102 cm³/mol. The Morgan fingerprint density at radius 2 is 2.08 bits per heavy atom. The van der Waals surface area contributed by atoms with Crippen LogP contribution >= 0.6 is 15.9 Å². The summed E-state index contributed by atoms with van der Waals surface area (Å²) in [5, 5.41) is 3.14. The van der Waals surface area contributed by atoms with Gasteiger partial charge in [-0.3, -0.25) is 14.6 Å². The van der Waals surface area contributed by atoms with E-state index >= 15 is 0 Å². The van der Waals surface area contributed by atoms with E-state index < -0.39 is 0 Å². The summed E-state index contributed by atoms with van der Waals surface area (Å²) in [4.78, 5) is 17.3. The van der Waals surface area contributed by atoms with Crippen molar-refractivity contribution in [1.29, 1.82) is 0 Å². The molecule has 0 spiro atoms. The molecule has 2 fully saturated rings. The molecule has 2 saturated heterocycles. The first-order valence-electron chi connectivity index (χ1n) is 9.25. The van der Waals surface area contributed by atoms with Crippen LogP contribution in [-0.2, 0) is 16.1 Å². The zero-order valence-corrected chi connectivity index (χ0v) is 16.3. The summed E-state index contributed by atoms with van der Waals surface area (Å²) in [6, 6.07) is 8.42. The van der Waals surface area contributed by atoms with Crippen molar-refractivity contribution in [3.63, 3.8) is 0 Å². The highest BCUT2D eigenvalue weighted by atomic mass is 79.9. The van der Waals surface area contributed by atoms with E-state index in [2.05, 4.69) is 49.2 Å². The molecule has 3 rings (SSSR count). The van der Waals surface area contributed by atoms with Crippen molar-refractivity contribution in [2.45, 2.75) is 19.4 Å². The zero-order valence-electron chi connectivity index (χ0n) is 14.8. The van der Waals surface area contributed by atoms with E-state index in [0.29, 0.717) is 0 Å². The molecule has 0 radical (unpaired) electrons. The molecule has 0 aromatic heterocycles. The van der Waals surface area contributed by atoms with Gasteiger partial charge in [-0.2, -0.15) is 0 Å². The lowest BCUT2D eigenvalue weighted by Gasteiger charge is -2.32. The molecule has 1 amide bonds. The van der Waals surface area contributed by atoms with Gasteiger partial charge in [0.15, 0.2) is 0 Å². The summed E-state index contributed by atoms with van der Waals surface area (Å²) in [6.45, 7) is 8.06. The number of likely N-dealkylation sites (tertiary alicyclic amines) is 1. The SMILES string of the molecule is O=C(NCCN1CCOCC1)C1CCCN(Cc2cccc(Br)c2)C1. The maximum absolute atomic E-state index is 12.5. The summed E-state index contributed by atoms with van der Waals surface area (Å²) in [5.74, 6) is 0.331. The summed E-state index contributed by atoms with van der Waals surface area (Å²) in [6.07, 6.45) is 2.09. The van der Waals surface area contributed by atoms with Gasteiger partial charge < -0.3 is 10.1 Å². The first-order valence-corrected chi connectivity index (χ1v) is 10.0. The average molecular weight is 410 g/mol. The number of piperidine rings is 1. The van der Waals surface area contributed by atoms with E-state index in [1.54, 1.807) is 0 Å². The molecule has 1 atom stereocenters. The van der Waals surface area contributed by atoms with Crippen molar-refractivity contribution in [3.05, 3.63) is 34.3 Å². The Kier molecular flexibility index (Phi) is 7.28. The Morgan fingerprint density at radius 1 is 1.24 bits per heavy atom. The van der Waals surface area contributed by atoms with Crippen LogP contribution in [0, 0.1) is 5.92 Å². The molecule has 2 heterocycles. The number of halogens is 1. The summed E-state index contributed by atoms with van der Waals surface area (Å²) in [7, 11) is 0. The molecule has 1 aromatic carbocycles. The fraction of sp³-hybridized carbons (Fsp3) is 0.632. The minimum absolute atomic E-state index is 0.116. The molecule has 6 heteroatoms. The van der Waals surface area contributed by atoms with Crippen molar-refractivity contribution in [2.24, 2.45) is 5.92 Å². The zero-order chi connectivity index (χ0) is 17.5. The van der Waals surface area contributed by atoms with Gasteiger partial charge in [-0.05, 0) is 37.1 Å². The fourth-order valence-corrected chi connectivity index (χ4v) is 4.06. The third-order valence-corrected chi connectivity index (χ3v) is 5.50. The minimum atomic E-state index is 0.116. The molecule has 0 aliphatic carbocycles. The number of hydrogen-bond acceptors (Lipinski definition) is 4. The smallest absolute Gasteiger partial charge is 0.224 e. The van der Waals surface area contributed by atoms with Crippen LogP contribution in [0.25, 0.3) is 0 Å². The summed E-state index contributed by atoms with van der Waals surface area (Å²) >= 11 is 3.53. The highest BCUT2D eigenvalue weighted by molar-refractivity contribution is 9.10. The second-order valence-corrected chi connectivity index (χ2v) is 7.86. The van der Waals surface area contributed by atoms with Gasteiger partial charge in [-0.25, -0.2) is 0 Å².